The van der Waals surface area contributed by atoms with Crippen molar-refractivity contribution in [3.05, 3.63) is 0 Å². The molecule has 4 aliphatic carbocycles. The van der Waals surface area contributed by atoms with Gasteiger partial charge < -0.3 is 15.3 Å². The van der Waals surface area contributed by atoms with E-state index in [2.05, 4.69) is 6.92 Å². The highest BCUT2D eigenvalue weighted by atomic mass is 16.4. The van der Waals surface area contributed by atoms with Crippen molar-refractivity contribution in [1.29, 1.82) is 0 Å². The van der Waals surface area contributed by atoms with Crippen LogP contribution in [0.2, 0.25) is 0 Å². The zero-order chi connectivity index (χ0) is 17.3. The van der Waals surface area contributed by atoms with Gasteiger partial charge in [0, 0.05) is 5.41 Å². The lowest BCUT2D eigenvalue weighted by Gasteiger charge is -2.61. The minimum absolute atomic E-state index is 0.152. The van der Waals surface area contributed by atoms with Gasteiger partial charge in [0.25, 0.3) is 0 Å². The van der Waals surface area contributed by atoms with Gasteiger partial charge in [-0.2, -0.15) is 0 Å². The van der Waals surface area contributed by atoms with Crippen LogP contribution in [0.25, 0.3) is 0 Å². The van der Waals surface area contributed by atoms with E-state index < -0.39 is 23.4 Å². The first-order valence-corrected chi connectivity index (χ1v) is 9.87. The van der Waals surface area contributed by atoms with Crippen LogP contribution >= 0.6 is 0 Å². The molecule has 0 heterocycles. The van der Waals surface area contributed by atoms with Crippen molar-refractivity contribution >= 4 is 5.97 Å². The summed E-state index contributed by atoms with van der Waals surface area (Å²) in [5, 5.41) is 30.8. The first kappa shape index (κ1) is 16.8. The van der Waals surface area contributed by atoms with Gasteiger partial charge in [0.2, 0.25) is 0 Å². The number of carboxylic acid groups (broad SMARTS) is 1. The summed E-state index contributed by atoms with van der Waals surface area (Å²) in [6.45, 7) is 4.43. The van der Waals surface area contributed by atoms with Crippen LogP contribution in [-0.4, -0.2) is 33.5 Å². The van der Waals surface area contributed by atoms with E-state index in [-0.39, 0.29) is 11.5 Å². The fraction of sp³-hybridized carbons (Fsp3) is 0.950. The fourth-order valence-corrected chi connectivity index (χ4v) is 7.61. The van der Waals surface area contributed by atoms with Gasteiger partial charge in [-0.1, -0.05) is 13.8 Å². The third kappa shape index (κ3) is 2.08. The van der Waals surface area contributed by atoms with E-state index in [4.69, 9.17) is 0 Å². The largest absolute Gasteiger partial charge is 0.481 e. The molecular formula is C20H32O4. The van der Waals surface area contributed by atoms with Crippen molar-refractivity contribution < 1.29 is 20.1 Å². The van der Waals surface area contributed by atoms with E-state index in [1.165, 1.54) is 0 Å². The molecule has 0 radical (unpaired) electrons. The summed E-state index contributed by atoms with van der Waals surface area (Å²) in [4.78, 5) is 11.8. The van der Waals surface area contributed by atoms with E-state index in [9.17, 15) is 20.1 Å². The monoisotopic (exact) mass is 336 g/mol. The summed E-state index contributed by atoms with van der Waals surface area (Å²) in [5.41, 5.74) is -0.240. The fourth-order valence-electron chi connectivity index (χ4n) is 7.61. The minimum Gasteiger partial charge on any atom is -0.481 e. The molecule has 0 aromatic rings. The van der Waals surface area contributed by atoms with Crippen molar-refractivity contribution in [2.45, 2.75) is 77.4 Å². The molecule has 4 aliphatic rings. The average Bonchev–Trinajstić information content (AvgIpc) is 2.88. The predicted molar refractivity (Wildman–Crippen MR) is 90.2 cm³/mol. The molecule has 0 bridgehead atoms. The number of aliphatic hydroxyl groups is 2. The second-order valence-electron chi connectivity index (χ2n) is 9.67. The van der Waals surface area contributed by atoms with Crippen molar-refractivity contribution in [2.24, 2.45) is 40.4 Å². The normalized spacial score (nSPS) is 56.9. The first-order valence-electron chi connectivity index (χ1n) is 9.87. The number of aliphatic hydroxyl groups excluding tert-OH is 2. The predicted octanol–water partition coefficient (Wildman–Crippen LogP) is 3.06. The summed E-state index contributed by atoms with van der Waals surface area (Å²) < 4.78 is 0. The van der Waals surface area contributed by atoms with Gasteiger partial charge in [0.05, 0.1) is 18.1 Å². The molecule has 4 saturated carbocycles. The number of rotatable bonds is 1. The van der Waals surface area contributed by atoms with Crippen LogP contribution in [0.4, 0.5) is 0 Å². The molecule has 0 aromatic heterocycles. The topological polar surface area (TPSA) is 77.8 Å². The highest BCUT2D eigenvalue weighted by Gasteiger charge is 2.64. The maximum absolute atomic E-state index is 11.8. The molecule has 4 rings (SSSR count). The smallest absolute Gasteiger partial charge is 0.307 e. The van der Waals surface area contributed by atoms with Crippen LogP contribution in [0.1, 0.15) is 65.2 Å². The first-order chi connectivity index (χ1) is 11.3. The Morgan fingerprint density at radius 3 is 2.42 bits per heavy atom. The molecule has 136 valence electrons. The Morgan fingerprint density at radius 2 is 1.71 bits per heavy atom. The van der Waals surface area contributed by atoms with Crippen molar-refractivity contribution in [3.63, 3.8) is 0 Å². The highest BCUT2D eigenvalue weighted by molar-refractivity contribution is 5.71. The second kappa shape index (κ2) is 5.44. The maximum atomic E-state index is 11.8. The van der Waals surface area contributed by atoms with Crippen LogP contribution in [0.15, 0.2) is 0 Å². The zero-order valence-electron chi connectivity index (χ0n) is 14.9. The molecular weight excluding hydrogens is 304 g/mol. The van der Waals surface area contributed by atoms with Crippen LogP contribution in [0.5, 0.6) is 0 Å². The van der Waals surface area contributed by atoms with Gasteiger partial charge in [-0.15, -0.1) is 0 Å². The van der Waals surface area contributed by atoms with Crippen molar-refractivity contribution in [2.75, 3.05) is 0 Å². The summed E-state index contributed by atoms with van der Waals surface area (Å²) in [5.74, 6) is 0.840. The number of hydrogen-bond acceptors (Lipinski definition) is 3. The molecule has 4 fully saturated rings. The number of hydrogen-bond donors (Lipinski definition) is 3. The Bertz CT molecular complexity index is 534. The molecule has 4 nitrogen and oxygen atoms in total. The SMILES string of the molecule is C[C@]12CC[C@H](O)C[C@@H]1CC[C@H]1[C@H]2C[C@H](O)[C@]2(C)[C@@H]1CC[C@H]2C(=O)O. The van der Waals surface area contributed by atoms with Gasteiger partial charge in [0.15, 0.2) is 0 Å². The molecule has 4 heteroatoms. The molecule has 0 spiro atoms. The van der Waals surface area contributed by atoms with Gasteiger partial charge in [-0.25, -0.2) is 0 Å². The lowest BCUT2D eigenvalue weighted by atomic mass is 9.44. The zero-order valence-corrected chi connectivity index (χ0v) is 14.9. The molecule has 0 aliphatic heterocycles. The highest BCUT2D eigenvalue weighted by Crippen LogP contribution is 2.67. The van der Waals surface area contributed by atoms with E-state index in [0.717, 1.165) is 51.4 Å². The number of carbonyl (C=O) groups is 1. The minimum atomic E-state index is -0.724. The van der Waals surface area contributed by atoms with E-state index in [1.807, 2.05) is 6.92 Å². The third-order valence-corrected chi connectivity index (χ3v) is 9.04. The molecule has 0 aromatic carbocycles. The van der Waals surface area contributed by atoms with Crippen LogP contribution < -0.4 is 0 Å². The molecule has 0 unspecified atom stereocenters. The van der Waals surface area contributed by atoms with Gasteiger partial charge in [0.1, 0.15) is 0 Å². The molecule has 9 atom stereocenters. The summed E-state index contributed by atoms with van der Waals surface area (Å²) in [6.07, 6.45) is 6.93. The summed E-state index contributed by atoms with van der Waals surface area (Å²) in [7, 11) is 0. The maximum Gasteiger partial charge on any atom is 0.307 e. The second-order valence-corrected chi connectivity index (χ2v) is 9.67. The average molecular weight is 336 g/mol. The van der Waals surface area contributed by atoms with Crippen LogP contribution in [0, 0.1) is 40.4 Å². The Hall–Kier alpha value is -0.610. The Morgan fingerprint density at radius 1 is 0.958 bits per heavy atom. The van der Waals surface area contributed by atoms with E-state index in [1.54, 1.807) is 0 Å². The van der Waals surface area contributed by atoms with E-state index >= 15 is 0 Å². The Labute approximate surface area is 144 Å². The molecule has 3 N–H and O–H groups in total. The lowest BCUT2D eigenvalue weighted by molar-refractivity contribution is -0.180. The quantitative estimate of drug-likeness (QED) is 0.688. The van der Waals surface area contributed by atoms with Crippen LogP contribution in [0.3, 0.4) is 0 Å². The third-order valence-electron chi connectivity index (χ3n) is 9.04. The number of aliphatic carboxylic acids is 1. The molecule has 24 heavy (non-hydrogen) atoms. The Balaban J connectivity index is 1.66. The van der Waals surface area contributed by atoms with Gasteiger partial charge in [-0.05, 0) is 80.5 Å². The van der Waals surface area contributed by atoms with E-state index in [0.29, 0.717) is 23.7 Å². The number of fused-ring (bicyclic) bond motifs is 5. The van der Waals surface area contributed by atoms with Gasteiger partial charge in [-0.3, -0.25) is 4.79 Å². The molecule has 0 saturated heterocycles. The number of carboxylic acids is 1. The lowest BCUT2D eigenvalue weighted by Crippen LogP contribution is -2.59. The van der Waals surface area contributed by atoms with Gasteiger partial charge >= 0.3 is 5.97 Å². The Kier molecular flexibility index (Phi) is 3.82. The van der Waals surface area contributed by atoms with Crippen molar-refractivity contribution in [3.8, 4) is 0 Å². The molecule has 0 amide bonds. The summed E-state index contributed by atoms with van der Waals surface area (Å²) in [6, 6.07) is 0. The summed E-state index contributed by atoms with van der Waals surface area (Å²) >= 11 is 0. The van der Waals surface area contributed by atoms with Crippen LogP contribution in [-0.2, 0) is 4.79 Å². The van der Waals surface area contributed by atoms with Crippen molar-refractivity contribution in [1.82, 2.24) is 0 Å². The standard InChI is InChI=1S/C20H32O4/c1-19-8-7-12(21)9-11(19)3-4-13-14-5-6-15(18(23)24)20(14,2)17(22)10-16(13)19/h11-17,21-22H,3-10H2,1-2H3,(H,23,24)/t11-,12-,13+,14+,15-,16+,17-,19-,20+/m0/s1.